The molecule has 0 saturated heterocycles. The van der Waals surface area contributed by atoms with Crippen LogP contribution < -0.4 is 4.90 Å². The molecule has 2 amide bonds. The Morgan fingerprint density at radius 2 is 1.90 bits per heavy atom. The third kappa shape index (κ3) is 4.19. The lowest BCUT2D eigenvalue weighted by molar-refractivity contribution is 0.0697. The van der Waals surface area contributed by atoms with E-state index in [2.05, 4.69) is 0 Å². The molecule has 1 aromatic carbocycles. The highest BCUT2D eigenvalue weighted by atomic mass is 16.5. The first-order chi connectivity index (χ1) is 9.90. The molecule has 6 heteroatoms. The van der Waals surface area contributed by atoms with Gasteiger partial charge in [0.05, 0.1) is 17.9 Å². The van der Waals surface area contributed by atoms with Crippen LogP contribution in [0.4, 0.5) is 10.5 Å². The Hall–Kier alpha value is -2.08. The highest BCUT2D eigenvalue weighted by Gasteiger charge is 2.24. The second-order valence-corrected chi connectivity index (χ2v) is 4.94. The number of carbonyl (C=O) groups is 2. The van der Waals surface area contributed by atoms with Crippen molar-refractivity contribution in [2.45, 2.75) is 19.9 Å². The first kappa shape index (κ1) is 17.0. The van der Waals surface area contributed by atoms with Crippen molar-refractivity contribution in [2.75, 3.05) is 32.2 Å². The largest absolute Gasteiger partial charge is 0.478 e. The van der Waals surface area contributed by atoms with Crippen molar-refractivity contribution in [2.24, 2.45) is 0 Å². The van der Waals surface area contributed by atoms with Crippen molar-refractivity contribution in [3.8, 4) is 0 Å². The molecule has 21 heavy (non-hydrogen) atoms. The lowest BCUT2D eigenvalue weighted by Gasteiger charge is -2.31. The Labute approximate surface area is 124 Å². The minimum absolute atomic E-state index is 0.00732. The number of hydrogen-bond acceptors (Lipinski definition) is 3. The van der Waals surface area contributed by atoms with Crippen LogP contribution in [0, 0.1) is 0 Å². The molecule has 0 aliphatic heterocycles. The summed E-state index contributed by atoms with van der Waals surface area (Å²) in [7, 11) is 3.15. The van der Waals surface area contributed by atoms with Crippen molar-refractivity contribution in [3.05, 3.63) is 29.8 Å². The van der Waals surface area contributed by atoms with Crippen LogP contribution in [0.1, 0.15) is 24.2 Å². The molecule has 0 atom stereocenters. The number of rotatable bonds is 6. The first-order valence-corrected chi connectivity index (χ1v) is 6.75. The van der Waals surface area contributed by atoms with Gasteiger partial charge in [-0.3, -0.25) is 4.90 Å². The predicted molar refractivity (Wildman–Crippen MR) is 80.9 cm³/mol. The fraction of sp³-hybridized carbons (Fsp3) is 0.467. The molecular weight excluding hydrogens is 272 g/mol. The molecule has 1 rings (SSSR count). The minimum Gasteiger partial charge on any atom is -0.478 e. The third-order valence-electron chi connectivity index (χ3n) is 3.19. The highest BCUT2D eigenvalue weighted by molar-refractivity contribution is 6.01. The van der Waals surface area contributed by atoms with Gasteiger partial charge in [0.2, 0.25) is 0 Å². The Balaban J connectivity index is 3.03. The van der Waals surface area contributed by atoms with Gasteiger partial charge in [-0.25, -0.2) is 9.59 Å². The number of amides is 2. The van der Waals surface area contributed by atoms with Gasteiger partial charge in [-0.05, 0) is 26.0 Å². The second kappa shape index (κ2) is 7.64. The van der Waals surface area contributed by atoms with Gasteiger partial charge < -0.3 is 14.7 Å². The number of carboxylic acid groups (broad SMARTS) is 1. The van der Waals surface area contributed by atoms with Crippen molar-refractivity contribution < 1.29 is 19.4 Å². The molecule has 1 aromatic rings. The Morgan fingerprint density at radius 3 is 2.43 bits per heavy atom. The van der Waals surface area contributed by atoms with Crippen LogP contribution in [-0.4, -0.2) is 55.4 Å². The summed E-state index contributed by atoms with van der Waals surface area (Å²) in [5.41, 5.74) is 0.474. The van der Waals surface area contributed by atoms with Gasteiger partial charge in [-0.15, -0.1) is 0 Å². The quantitative estimate of drug-likeness (QED) is 0.874. The summed E-state index contributed by atoms with van der Waals surface area (Å²) in [6, 6.07) is 6.19. The van der Waals surface area contributed by atoms with Gasteiger partial charge in [0.15, 0.2) is 0 Å². The zero-order valence-corrected chi connectivity index (χ0v) is 12.9. The van der Waals surface area contributed by atoms with Gasteiger partial charge in [0, 0.05) is 26.7 Å². The number of hydrogen-bond donors (Lipinski definition) is 1. The minimum atomic E-state index is -1.06. The standard InChI is InChI=1S/C15H22N2O4/c1-11(2)17(9-10-21-4)15(20)16(3)13-8-6-5-7-12(13)14(18)19/h5-8,11H,9-10H2,1-4H3,(H,18,19). The molecule has 0 aromatic heterocycles. The molecule has 0 saturated carbocycles. The Kier molecular flexibility index (Phi) is 6.17. The van der Waals surface area contributed by atoms with Crippen molar-refractivity contribution in [1.29, 1.82) is 0 Å². The number of urea groups is 1. The van der Waals surface area contributed by atoms with Gasteiger partial charge in [0.25, 0.3) is 0 Å². The van der Waals surface area contributed by atoms with E-state index in [4.69, 9.17) is 4.74 Å². The summed E-state index contributed by atoms with van der Waals surface area (Å²) < 4.78 is 5.01. The molecule has 0 heterocycles. The highest BCUT2D eigenvalue weighted by Crippen LogP contribution is 2.21. The Bertz CT molecular complexity index is 502. The number of ether oxygens (including phenoxy) is 1. The fourth-order valence-electron chi connectivity index (χ4n) is 2.01. The van der Waals surface area contributed by atoms with Crippen LogP contribution in [0.15, 0.2) is 24.3 Å². The molecule has 0 fully saturated rings. The lowest BCUT2D eigenvalue weighted by atomic mass is 10.1. The molecule has 1 N–H and O–H groups in total. The van der Waals surface area contributed by atoms with E-state index < -0.39 is 5.97 Å². The zero-order valence-electron chi connectivity index (χ0n) is 12.9. The Morgan fingerprint density at radius 1 is 1.29 bits per heavy atom. The predicted octanol–water partition coefficient (Wildman–Crippen LogP) is 2.30. The number of carboxylic acids is 1. The number of aromatic carboxylic acids is 1. The van der Waals surface area contributed by atoms with Gasteiger partial charge in [0.1, 0.15) is 0 Å². The van der Waals surface area contributed by atoms with E-state index >= 15 is 0 Å². The number of methoxy groups -OCH3 is 1. The monoisotopic (exact) mass is 294 g/mol. The van der Waals surface area contributed by atoms with Crippen LogP contribution in [0.2, 0.25) is 0 Å². The SMILES string of the molecule is COCCN(C(=O)N(C)c1ccccc1C(=O)O)C(C)C. The van der Waals surface area contributed by atoms with E-state index in [1.807, 2.05) is 13.8 Å². The maximum Gasteiger partial charge on any atom is 0.337 e. The average Bonchev–Trinajstić information content (AvgIpc) is 2.46. The van der Waals surface area contributed by atoms with Crippen LogP contribution in [0.3, 0.4) is 0 Å². The summed E-state index contributed by atoms with van der Waals surface area (Å²) in [4.78, 5) is 26.8. The molecule has 0 unspecified atom stereocenters. The van der Waals surface area contributed by atoms with Crippen LogP contribution >= 0.6 is 0 Å². The zero-order chi connectivity index (χ0) is 16.0. The van der Waals surface area contributed by atoms with Gasteiger partial charge in [-0.1, -0.05) is 12.1 Å². The molecule has 0 bridgehead atoms. The average molecular weight is 294 g/mol. The summed E-state index contributed by atoms with van der Waals surface area (Å²) >= 11 is 0. The summed E-state index contributed by atoms with van der Waals surface area (Å²) in [6.45, 7) is 4.69. The van der Waals surface area contributed by atoms with Crippen molar-refractivity contribution >= 4 is 17.7 Å². The van der Waals surface area contributed by atoms with E-state index in [9.17, 15) is 14.7 Å². The van der Waals surface area contributed by atoms with Gasteiger partial charge in [-0.2, -0.15) is 0 Å². The van der Waals surface area contributed by atoms with Crippen LogP contribution in [-0.2, 0) is 4.74 Å². The molecule has 116 valence electrons. The summed E-state index contributed by atoms with van der Waals surface area (Å²) in [6.07, 6.45) is 0. The number of benzene rings is 1. The van der Waals surface area contributed by atoms with Crippen LogP contribution in [0.25, 0.3) is 0 Å². The maximum atomic E-state index is 12.6. The first-order valence-electron chi connectivity index (χ1n) is 6.75. The molecular formula is C15H22N2O4. The van der Waals surface area contributed by atoms with E-state index in [0.717, 1.165) is 0 Å². The number of anilines is 1. The number of carbonyl (C=O) groups excluding carboxylic acids is 1. The van der Waals surface area contributed by atoms with E-state index in [-0.39, 0.29) is 17.6 Å². The third-order valence-corrected chi connectivity index (χ3v) is 3.19. The number of para-hydroxylation sites is 1. The normalized spacial score (nSPS) is 10.5. The lowest BCUT2D eigenvalue weighted by Crippen LogP contribution is -2.46. The van der Waals surface area contributed by atoms with E-state index in [0.29, 0.717) is 18.8 Å². The van der Waals surface area contributed by atoms with Crippen LogP contribution in [0.5, 0.6) is 0 Å². The topological polar surface area (TPSA) is 70.1 Å². The fourth-order valence-corrected chi connectivity index (χ4v) is 2.01. The van der Waals surface area contributed by atoms with E-state index in [1.165, 1.54) is 11.0 Å². The van der Waals surface area contributed by atoms with Crippen molar-refractivity contribution in [1.82, 2.24) is 4.90 Å². The number of nitrogens with zero attached hydrogens (tertiary/aromatic N) is 2. The summed E-state index contributed by atoms with van der Waals surface area (Å²) in [5, 5.41) is 9.21. The molecule has 0 aliphatic carbocycles. The smallest absolute Gasteiger partial charge is 0.337 e. The molecule has 0 spiro atoms. The second-order valence-electron chi connectivity index (χ2n) is 4.94. The van der Waals surface area contributed by atoms with Crippen molar-refractivity contribution in [3.63, 3.8) is 0 Å². The maximum absolute atomic E-state index is 12.6. The summed E-state index contributed by atoms with van der Waals surface area (Å²) in [5.74, 6) is -1.06. The molecule has 0 aliphatic rings. The molecule has 6 nitrogen and oxygen atoms in total. The van der Waals surface area contributed by atoms with E-state index in [1.54, 1.807) is 37.3 Å². The molecule has 0 radical (unpaired) electrons. The van der Waals surface area contributed by atoms with Gasteiger partial charge >= 0.3 is 12.0 Å².